The average molecular weight is 178 g/mol. The van der Waals surface area contributed by atoms with E-state index in [1.165, 1.54) is 5.57 Å². The van der Waals surface area contributed by atoms with Gasteiger partial charge in [-0.15, -0.1) is 0 Å². The number of allylic oxidation sites excluding steroid dienone is 6. The molecule has 74 valence electrons. The topological polar surface area (TPSA) is 0 Å². The second kappa shape index (κ2) is 6.71. The van der Waals surface area contributed by atoms with E-state index in [9.17, 15) is 0 Å². The van der Waals surface area contributed by atoms with Crippen LogP contribution in [0.4, 0.5) is 0 Å². The monoisotopic (exact) mass is 178 g/mol. The Morgan fingerprint density at radius 1 is 1.00 bits per heavy atom. The van der Waals surface area contributed by atoms with E-state index in [4.69, 9.17) is 0 Å². The first-order valence-corrected chi connectivity index (χ1v) is 5.09. The van der Waals surface area contributed by atoms with Crippen LogP contribution in [0.2, 0.25) is 0 Å². The van der Waals surface area contributed by atoms with Gasteiger partial charge in [-0.1, -0.05) is 44.2 Å². The highest BCUT2D eigenvalue weighted by Crippen LogP contribution is 2.23. The quantitative estimate of drug-likeness (QED) is 0.443. The average Bonchev–Trinajstić information content (AvgIpc) is 2.10. The molecule has 0 aromatic carbocycles. The fourth-order valence-corrected chi connectivity index (χ4v) is 1.52. The first-order chi connectivity index (χ1) is 6.17. The number of hydrogen-bond acceptors (Lipinski definition) is 0. The third kappa shape index (κ3) is 4.12. The minimum Gasteiger partial charge on any atom is -0.0910 e. The fraction of sp³-hybridized carbons (Fsp3) is 0.538. The van der Waals surface area contributed by atoms with Crippen LogP contribution in [0, 0.1) is 11.8 Å². The number of hydrogen-bond donors (Lipinski definition) is 0. The molecule has 0 saturated carbocycles. The second-order valence-electron chi connectivity index (χ2n) is 3.58. The molecule has 0 bridgehead atoms. The molecule has 0 N–H and O–H groups in total. The molecule has 0 fully saturated rings. The summed E-state index contributed by atoms with van der Waals surface area (Å²) in [6, 6.07) is 0. The molecule has 0 heteroatoms. The SMILES string of the molecule is CC=CC(=CC)C(C=CC)C(C)C. The molecule has 0 saturated heterocycles. The van der Waals surface area contributed by atoms with Gasteiger partial charge >= 0.3 is 0 Å². The van der Waals surface area contributed by atoms with E-state index in [1.807, 2.05) is 0 Å². The van der Waals surface area contributed by atoms with Crippen LogP contribution in [-0.4, -0.2) is 0 Å². The van der Waals surface area contributed by atoms with Crippen LogP contribution in [0.5, 0.6) is 0 Å². The van der Waals surface area contributed by atoms with E-state index < -0.39 is 0 Å². The zero-order valence-corrected chi connectivity index (χ0v) is 9.54. The minimum absolute atomic E-state index is 0.561. The Morgan fingerprint density at radius 2 is 1.62 bits per heavy atom. The lowest BCUT2D eigenvalue weighted by atomic mass is 9.87. The largest absolute Gasteiger partial charge is 0.0910 e. The normalized spacial score (nSPS) is 16.3. The van der Waals surface area contributed by atoms with Crippen LogP contribution in [0.15, 0.2) is 36.0 Å². The highest BCUT2D eigenvalue weighted by atomic mass is 14.2. The standard InChI is InChI=1S/C13H22/c1-6-9-12(8-3)13(10-7-2)11(4)5/h6-11,13H,1-5H3. The van der Waals surface area contributed by atoms with Crippen molar-refractivity contribution >= 4 is 0 Å². The summed E-state index contributed by atoms with van der Waals surface area (Å²) < 4.78 is 0. The molecule has 0 amide bonds. The van der Waals surface area contributed by atoms with Crippen LogP contribution < -0.4 is 0 Å². The van der Waals surface area contributed by atoms with Crippen molar-refractivity contribution in [1.29, 1.82) is 0 Å². The molecule has 0 aromatic rings. The molecule has 0 aliphatic heterocycles. The molecular weight excluding hydrogens is 156 g/mol. The molecule has 1 unspecified atom stereocenters. The van der Waals surface area contributed by atoms with Crippen LogP contribution in [0.1, 0.15) is 34.6 Å². The summed E-state index contributed by atoms with van der Waals surface area (Å²) in [5.74, 6) is 1.23. The van der Waals surface area contributed by atoms with Gasteiger partial charge in [0.1, 0.15) is 0 Å². The van der Waals surface area contributed by atoms with E-state index in [2.05, 4.69) is 65.0 Å². The molecular formula is C13H22. The first-order valence-electron chi connectivity index (χ1n) is 5.09. The Kier molecular flexibility index (Phi) is 6.30. The van der Waals surface area contributed by atoms with Gasteiger partial charge in [0.05, 0.1) is 0 Å². The van der Waals surface area contributed by atoms with Crippen molar-refractivity contribution in [2.45, 2.75) is 34.6 Å². The first kappa shape index (κ1) is 12.2. The Morgan fingerprint density at radius 3 is 1.92 bits per heavy atom. The summed E-state index contributed by atoms with van der Waals surface area (Å²) in [6.45, 7) is 10.8. The van der Waals surface area contributed by atoms with Gasteiger partial charge in [-0.25, -0.2) is 0 Å². The second-order valence-corrected chi connectivity index (χ2v) is 3.58. The van der Waals surface area contributed by atoms with Crippen molar-refractivity contribution in [3.05, 3.63) is 36.0 Å². The minimum atomic E-state index is 0.561. The van der Waals surface area contributed by atoms with Crippen LogP contribution in [0.25, 0.3) is 0 Å². The maximum absolute atomic E-state index is 2.28. The predicted octanol–water partition coefficient (Wildman–Crippen LogP) is 4.36. The summed E-state index contributed by atoms with van der Waals surface area (Å²) in [4.78, 5) is 0. The van der Waals surface area contributed by atoms with E-state index in [-0.39, 0.29) is 0 Å². The Balaban J connectivity index is 4.70. The van der Waals surface area contributed by atoms with Crippen molar-refractivity contribution in [2.24, 2.45) is 11.8 Å². The lowest BCUT2D eigenvalue weighted by Gasteiger charge is -2.18. The predicted molar refractivity (Wildman–Crippen MR) is 61.7 cm³/mol. The maximum Gasteiger partial charge on any atom is 0.00375 e. The molecule has 0 aliphatic rings. The molecule has 0 heterocycles. The Bertz CT molecular complexity index is 204. The van der Waals surface area contributed by atoms with E-state index in [0.29, 0.717) is 11.8 Å². The molecule has 13 heavy (non-hydrogen) atoms. The smallest absolute Gasteiger partial charge is 0.00375 e. The Hall–Kier alpha value is -0.780. The summed E-state index contributed by atoms with van der Waals surface area (Å²) in [5.41, 5.74) is 1.41. The lowest BCUT2D eigenvalue weighted by molar-refractivity contribution is 0.533. The third-order valence-electron chi connectivity index (χ3n) is 2.20. The zero-order valence-electron chi connectivity index (χ0n) is 9.54. The molecule has 1 atom stereocenters. The fourth-order valence-electron chi connectivity index (χ4n) is 1.52. The van der Waals surface area contributed by atoms with Gasteiger partial charge in [-0.2, -0.15) is 0 Å². The summed E-state index contributed by atoms with van der Waals surface area (Å²) >= 11 is 0. The van der Waals surface area contributed by atoms with Crippen LogP contribution in [-0.2, 0) is 0 Å². The van der Waals surface area contributed by atoms with Crippen molar-refractivity contribution < 1.29 is 0 Å². The van der Waals surface area contributed by atoms with Gasteiger partial charge in [0, 0.05) is 5.92 Å². The van der Waals surface area contributed by atoms with Crippen LogP contribution >= 0.6 is 0 Å². The molecule has 0 rings (SSSR count). The third-order valence-corrected chi connectivity index (χ3v) is 2.20. The van der Waals surface area contributed by atoms with Gasteiger partial charge in [-0.05, 0) is 32.3 Å². The van der Waals surface area contributed by atoms with Gasteiger partial charge in [-0.3, -0.25) is 0 Å². The van der Waals surface area contributed by atoms with Gasteiger partial charge in [0.15, 0.2) is 0 Å². The van der Waals surface area contributed by atoms with E-state index >= 15 is 0 Å². The molecule has 0 aliphatic carbocycles. The molecule has 0 spiro atoms. The van der Waals surface area contributed by atoms with E-state index in [1.54, 1.807) is 0 Å². The van der Waals surface area contributed by atoms with Crippen LogP contribution in [0.3, 0.4) is 0 Å². The van der Waals surface area contributed by atoms with Gasteiger partial charge in [0.25, 0.3) is 0 Å². The van der Waals surface area contributed by atoms with Crippen molar-refractivity contribution in [3.8, 4) is 0 Å². The highest BCUT2D eigenvalue weighted by Gasteiger charge is 2.11. The zero-order chi connectivity index (χ0) is 10.3. The van der Waals surface area contributed by atoms with Gasteiger partial charge < -0.3 is 0 Å². The Labute approximate surface area is 83.0 Å². The number of rotatable bonds is 4. The summed E-state index contributed by atoms with van der Waals surface area (Å²) in [7, 11) is 0. The van der Waals surface area contributed by atoms with Crippen molar-refractivity contribution in [1.82, 2.24) is 0 Å². The summed E-state index contributed by atoms with van der Waals surface area (Å²) in [6.07, 6.45) is 10.9. The summed E-state index contributed by atoms with van der Waals surface area (Å²) in [5, 5.41) is 0. The van der Waals surface area contributed by atoms with Crippen molar-refractivity contribution in [2.75, 3.05) is 0 Å². The van der Waals surface area contributed by atoms with Gasteiger partial charge in [0.2, 0.25) is 0 Å². The molecule has 0 radical (unpaired) electrons. The lowest BCUT2D eigenvalue weighted by Crippen LogP contribution is -2.07. The van der Waals surface area contributed by atoms with E-state index in [0.717, 1.165) is 0 Å². The molecule has 0 nitrogen and oxygen atoms in total. The maximum atomic E-state index is 2.28. The highest BCUT2D eigenvalue weighted by molar-refractivity contribution is 5.25. The molecule has 0 aromatic heterocycles. The van der Waals surface area contributed by atoms with Crippen molar-refractivity contribution in [3.63, 3.8) is 0 Å².